The zero-order valence-electron chi connectivity index (χ0n) is 22.0. The molecule has 5 rings (SSSR count). The second-order valence-electron chi connectivity index (χ2n) is 10.1. The van der Waals surface area contributed by atoms with Crippen LogP contribution < -0.4 is 21.3 Å². The number of hydrogen-bond acceptors (Lipinski definition) is 4. The number of carbonyl (C=O) groups excluding carboxylic acids is 1. The summed E-state index contributed by atoms with van der Waals surface area (Å²) >= 11 is 0. The van der Waals surface area contributed by atoms with Crippen molar-refractivity contribution in [3.63, 3.8) is 0 Å². The number of nitrogens with two attached hydrogens (primary N) is 2. The van der Waals surface area contributed by atoms with Crippen molar-refractivity contribution < 1.29 is 4.79 Å². The van der Waals surface area contributed by atoms with Crippen LogP contribution in [0.4, 0.5) is 27.5 Å². The number of carbonyl (C=O) groups is 1. The van der Waals surface area contributed by atoms with E-state index in [9.17, 15) is 4.79 Å². The number of guanidine groups is 1. The van der Waals surface area contributed by atoms with Gasteiger partial charge in [-0.1, -0.05) is 49.6 Å². The molecule has 0 aromatic heterocycles. The number of rotatable bonds is 6. The summed E-state index contributed by atoms with van der Waals surface area (Å²) < 4.78 is 0. The molecular formula is C30H35N7O. The highest BCUT2D eigenvalue weighted by Crippen LogP contribution is 2.39. The Morgan fingerprint density at radius 1 is 0.974 bits per heavy atom. The standard InChI is InChI=1S/C30H35N7O/c1-35(2)25-17-18-27-26(19-25)28(22-11-7-4-8-12-22)34-36(20-21-9-5-3-6-10-21)30(38)37(27)24-15-13-23(14-16-24)33-29(31)32/h3,5-6,9-10,13-19,22H,4,7-8,11-12,20H2,1-2H3,(H4,31,32,33). The summed E-state index contributed by atoms with van der Waals surface area (Å²) in [5, 5.41) is 6.76. The maximum atomic E-state index is 14.3. The first-order chi connectivity index (χ1) is 18.4. The summed E-state index contributed by atoms with van der Waals surface area (Å²) in [6.45, 7) is 0.382. The van der Waals surface area contributed by atoms with Gasteiger partial charge >= 0.3 is 6.03 Å². The number of hydrazone groups is 1. The van der Waals surface area contributed by atoms with E-state index in [0.29, 0.717) is 18.2 Å². The van der Waals surface area contributed by atoms with Gasteiger partial charge in [0, 0.05) is 31.3 Å². The Bertz CT molecular complexity index is 1340. The lowest BCUT2D eigenvalue weighted by atomic mass is 9.82. The highest BCUT2D eigenvalue weighted by atomic mass is 16.2. The van der Waals surface area contributed by atoms with E-state index < -0.39 is 0 Å². The number of nitrogens with zero attached hydrogens (tertiary/aromatic N) is 5. The fraction of sp³-hybridized carbons (Fsp3) is 0.300. The summed E-state index contributed by atoms with van der Waals surface area (Å²) in [5.41, 5.74) is 17.4. The van der Waals surface area contributed by atoms with Gasteiger partial charge in [0.15, 0.2) is 5.96 Å². The zero-order valence-corrected chi connectivity index (χ0v) is 22.0. The number of hydrogen-bond donors (Lipinski definition) is 2. The largest absolute Gasteiger partial charge is 0.378 e. The molecule has 2 amide bonds. The van der Waals surface area contributed by atoms with E-state index in [-0.39, 0.29) is 12.0 Å². The van der Waals surface area contributed by atoms with Crippen LogP contribution in [-0.2, 0) is 6.54 Å². The molecule has 0 bridgehead atoms. The van der Waals surface area contributed by atoms with E-state index in [4.69, 9.17) is 16.6 Å². The van der Waals surface area contributed by atoms with Gasteiger partial charge in [-0.2, -0.15) is 5.10 Å². The second kappa shape index (κ2) is 11.0. The van der Waals surface area contributed by atoms with Crippen molar-refractivity contribution in [1.29, 1.82) is 0 Å². The van der Waals surface area contributed by atoms with Gasteiger partial charge in [-0.15, -0.1) is 0 Å². The molecule has 0 saturated heterocycles. The molecule has 1 aliphatic heterocycles. The third-order valence-electron chi connectivity index (χ3n) is 7.19. The highest BCUT2D eigenvalue weighted by molar-refractivity contribution is 6.14. The minimum atomic E-state index is -0.201. The van der Waals surface area contributed by atoms with Gasteiger partial charge in [-0.05, 0) is 60.9 Å². The molecule has 0 radical (unpaired) electrons. The average Bonchev–Trinajstić information content (AvgIpc) is 3.04. The van der Waals surface area contributed by atoms with E-state index >= 15 is 0 Å². The number of aliphatic imine (C=N–C) groups is 1. The molecule has 8 heteroatoms. The molecule has 1 aliphatic carbocycles. The van der Waals surface area contributed by atoms with Crippen molar-refractivity contribution in [2.24, 2.45) is 27.5 Å². The third kappa shape index (κ3) is 5.34. The fourth-order valence-electron chi connectivity index (χ4n) is 5.26. The lowest BCUT2D eigenvalue weighted by molar-refractivity contribution is 0.207. The highest BCUT2D eigenvalue weighted by Gasteiger charge is 2.34. The summed E-state index contributed by atoms with van der Waals surface area (Å²) in [6, 6.07) is 23.4. The van der Waals surface area contributed by atoms with Crippen LogP contribution in [0, 0.1) is 5.92 Å². The Labute approximate surface area is 224 Å². The number of amides is 2. The van der Waals surface area contributed by atoms with E-state index in [0.717, 1.165) is 46.7 Å². The Kier molecular flexibility index (Phi) is 7.31. The summed E-state index contributed by atoms with van der Waals surface area (Å²) in [4.78, 5) is 22.3. The molecule has 38 heavy (non-hydrogen) atoms. The molecule has 1 heterocycles. The topological polar surface area (TPSA) is 104 Å². The predicted molar refractivity (Wildman–Crippen MR) is 155 cm³/mol. The van der Waals surface area contributed by atoms with Crippen molar-refractivity contribution >= 4 is 40.5 Å². The fourth-order valence-corrected chi connectivity index (χ4v) is 5.26. The van der Waals surface area contributed by atoms with Gasteiger partial charge in [0.1, 0.15) is 0 Å². The summed E-state index contributed by atoms with van der Waals surface area (Å²) in [5.74, 6) is 0.292. The van der Waals surface area contributed by atoms with Gasteiger partial charge < -0.3 is 16.4 Å². The minimum Gasteiger partial charge on any atom is -0.378 e. The molecule has 1 fully saturated rings. The first-order valence-corrected chi connectivity index (χ1v) is 13.2. The summed E-state index contributed by atoms with van der Waals surface area (Å²) in [7, 11) is 4.06. The molecule has 0 spiro atoms. The maximum Gasteiger partial charge on any atom is 0.349 e. The normalized spacial score (nSPS) is 15.9. The molecule has 2 aliphatic rings. The van der Waals surface area contributed by atoms with Crippen LogP contribution in [0.25, 0.3) is 0 Å². The number of fused-ring (bicyclic) bond motifs is 1. The first kappa shape index (κ1) is 25.3. The monoisotopic (exact) mass is 509 g/mol. The molecule has 1 saturated carbocycles. The van der Waals surface area contributed by atoms with Gasteiger partial charge in [0.05, 0.1) is 29.3 Å². The van der Waals surface area contributed by atoms with Crippen LogP contribution in [0.3, 0.4) is 0 Å². The Morgan fingerprint density at radius 2 is 1.68 bits per heavy atom. The predicted octanol–water partition coefficient (Wildman–Crippen LogP) is 5.72. The number of anilines is 3. The zero-order chi connectivity index (χ0) is 26.6. The van der Waals surface area contributed by atoms with E-state index in [1.54, 1.807) is 9.91 Å². The van der Waals surface area contributed by atoms with Crippen molar-refractivity contribution in [2.75, 3.05) is 23.9 Å². The smallest absolute Gasteiger partial charge is 0.349 e. The third-order valence-corrected chi connectivity index (χ3v) is 7.19. The quantitative estimate of drug-likeness (QED) is 0.328. The lowest BCUT2D eigenvalue weighted by Gasteiger charge is -2.27. The van der Waals surface area contributed by atoms with Gasteiger partial charge in [-0.25, -0.2) is 14.8 Å². The molecule has 196 valence electrons. The van der Waals surface area contributed by atoms with Crippen molar-refractivity contribution in [2.45, 2.75) is 38.6 Å². The second-order valence-corrected chi connectivity index (χ2v) is 10.1. The van der Waals surface area contributed by atoms with Gasteiger partial charge in [-0.3, -0.25) is 4.90 Å². The van der Waals surface area contributed by atoms with E-state index in [1.807, 2.05) is 74.8 Å². The van der Waals surface area contributed by atoms with Crippen LogP contribution in [0.2, 0.25) is 0 Å². The van der Waals surface area contributed by atoms with Crippen LogP contribution in [0.1, 0.15) is 43.2 Å². The molecule has 0 unspecified atom stereocenters. The van der Waals surface area contributed by atoms with Crippen LogP contribution in [0.5, 0.6) is 0 Å². The Balaban J connectivity index is 1.67. The van der Waals surface area contributed by atoms with Crippen LogP contribution in [-0.4, -0.2) is 36.8 Å². The Morgan fingerprint density at radius 3 is 2.34 bits per heavy atom. The lowest BCUT2D eigenvalue weighted by Crippen LogP contribution is -2.36. The molecule has 8 nitrogen and oxygen atoms in total. The maximum absolute atomic E-state index is 14.3. The van der Waals surface area contributed by atoms with Gasteiger partial charge in [0.25, 0.3) is 0 Å². The molecule has 4 N–H and O–H groups in total. The molecular weight excluding hydrogens is 474 g/mol. The molecule has 3 aromatic rings. The van der Waals surface area contributed by atoms with Crippen molar-refractivity contribution in [3.8, 4) is 0 Å². The van der Waals surface area contributed by atoms with Crippen molar-refractivity contribution in [1.82, 2.24) is 5.01 Å². The van der Waals surface area contributed by atoms with Crippen LogP contribution in [0.15, 0.2) is 82.9 Å². The Hall–Kier alpha value is -4.33. The van der Waals surface area contributed by atoms with Crippen molar-refractivity contribution in [3.05, 3.63) is 83.9 Å². The van der Waals surface area contributed by atoms with E-state index in [1.165, 1.54) is 19.3 Å². The molecule has 0 atom stereocenters. The first-order valence-electron chi connectivity index (χ1n) is 13.2. The number of benzene rings is 3. The average molecular weight is 510 g/mol. The SMILES string of the molecule is CN(C)c1ccc2c(c1)C(C1CCCCC1)=NN(Cc1ccccc1)C(=O)N2c1ccc(N=C(N)N)cc1. The summed E-state index contributed by atoms with van der Waals surface area (Å²) in [6.07, 6.45) is 5.75. The minimum absolute atomic E-state index is 0.00952. The van der Waals surface area contributed by atoms with Crippen LogP contribution >= 0.6 is 0 Å². The molecule has 3 aromatic carbocycles. The van der Waals surface area contributed by atoms with Gasteiger partial charge in [0.2, 0.25) is 0 Å². The van der Waals surface area contributed by atoms with E-state index in [2.05, 4.69) is 22.0 Å². The number of urea groups is 1.